The Bertz CT molecular complexity index is 1270. The number of anilines is 1. The number of fused-ring (bicyclic) bond motifs is 1. The van der Waals surface area contributed by atoms with Crippen LogP contribution in [-0.4, -0.2) is 34.9 Å². The number of ether oxygens (including phenoxy) is 1. The zero-order chi connectivity index (χ0) is 24.2. The lowest BCUT2D eigenvalue weighted by Crippen LogP contribution is -2.34. The summed E-state index contributed by atoms with van der Waals surface area (Å²) < 4.78 is 5.64. The van der Waals surface area contributed by atoms with Crippen LogP contribution >= 0.6 is 15.9 Å². The Labute approximate surface area is 198 Å². The highest BCUT2D eigenvalue weighted by Gasteiger charge is 2.46. The molecule has 0 aliphatic carbocycles. The predicted molar refractivity (Wildman–Crippen MR) is 126 cm³/mol. The molecule has 8 nitrogen and oxygen atoms in total. The Morgan fingerprint density at radius 3 is 2.58 bits per heavy atom. The number of hydrogen-bond donors (Lipinski definition) is 3. The first kappa shape index (κ1) is 24.2. The molecule has 172 valence electrons. The molecule has 0 bridgehead atoms. The number of aryl methyl sites for hydroxylation is 1. The second kappa shape index (κ2) is 9.99. The second-order valence-corrected chi connectivity index (χ2v) is 8.24. The Kier molecular flexibility index (Phi) is 7.33. The molecule has 1 heterocycles. The van der Waals surface area contributed by atoms with E-state index in [1.807, 2.05) is 26.0 Å². The molecule has 2 aromatic carbocycles. The summed E-state index contributed by atoms with van der Waals surface area (Å²) in [5.41, 5.74) is -0.167. The molecule has 2 aromatic rings. The predicted octanol–water partition coefficient (Wildman–Crippen LogP) is 3.37. The van der Waals surface area contributed by atoms with Crippen LogP contribution in [0, 0.1) is 0 Å². The molecule has 9 heteroatoms. The summed E-state index contributed by atoms with van der Waals surface area (Å²) >= 11 is 3.48. The van der Waals surface area contributed by atoms with Gasteiger partial charge in [-0.1, -0.05) is 26.0 Å². The van der Waals surface area contributed by atoms with Crippen molar-refractivity contribution in [3.05, 3.63) is 74.7 Å². The summed E-state index contributed by atoms with van der Waals surface area (Å²) in [4.78, 5) is 40.6. The summed E-state index contributed by atoms with van der Waals surface area (Å²) in [5.74, 6) is -2.49. The molecule has 1 aliphatic rings. The minimum Gasteiger partial charge on any atom is -0.479 e. The number of carboxylic acid groups (broad SMARTS) is 2. The van der Waals surface area contributed by atoms with Gasteiger partial charge in [-0.2, -0.15) is 0 Å². The van der Waals surface area contributed by atoms with Gasteiger partial charge >= 0.3 is 18.0 Å². The van der Waals surface area contributed by atoms with E-state index in [-0.39, 0.29) is 17.7 Å². The van der Waals surface area contributed by atoms with Crippen LogP contribution in [0.15, 0.2) is 58.0 Å². The maximum atomic E-state index is 12.8. The van der Waals surface area contributed by atoms with Crippen LogP contribution in [0.4, 0.5) is 10.5 Å². The zero-order valence-corrected chi connectivity index (χ0v) is 19.7. The molecule has 3 N–H and O–H groups in total. The van der Waals surface area contributed by atoms with E-state index in [4.69, 9.17) is 4.74 Å². The van der Waals surface area contributed by atoms with E-state index >= 15 is 0 Å². The number of hydrogen-bond acceptors (Lipinski definition) is 5. The Morgan fingerprint density at radius 1 is 1.18 bits per heavy atom. The van der Waals surface area contributed by atoms with Crippen LogP contribution < -0.4 is 15.9 Å². The third-order valence-corrected chi connectivity index (χ3v) is 5.76. The minimum absolute atomic E-state index is 0.217. The van der Waals surface area contributed by atoms with Gasteiger partial charge in [0.25, 0.3) is 0 Å². The van der Waals surface area contributed by atoms with Crippen molar-refractivity contribution in [1.29, 1.82) is 0 Å². The highest BCUT2D eigenvalue weighted by atomic mass is 79.9. The molecule has 1 unspecified atom stereocenters. The smallest absolute Gasteiger partial charge is 0.411 e. The number of carbonyl (C=O) groups excluding carboxylic acids is 1. The van der Waals surface area contributed by atoms with Crippen molar-refractivity contribution in [1.82, 2.24) is 0 Å². The molecule has 1 amide bonds. The summed E-state index contributed by atoms with van der Waals surface area (Å²) in [5, 5.41) is 23.2. The first-order valence-electron chi connectivity index (χ1n) is 10.3. The molecule has 0 spiro atoms. The van der Waals surface area contributed by atoms with Gasteiger partial charge in [-0.05, 0) is 70.2 Å². The van der Waals surface area contributed by atoms with Gasteiger partial charge in [0.05, 0.1) is 12.0 Å². The highest BCUT2D eigenvalue weighted by molar-refractivity contribution is 9.10. The average molecular weight is 515 g/mol. The van der Waals surface area contributed by atoms with Crippen molar-refractivity contribution in [3.8, 4) is 0 Å². The topological polar surface area (TPSA) is 125 Å². The second-order valence-electron chi connectivity index (χ2n) is 7.38. The van der Waals surface area contributed by atoms with E-state index in [1.54, 1.807) is 18.2 Å². The van der Waals surface area contributed by atoms with Gasteiger partial charge in [-0.15, -0.1) is 0 Å². The molecule has 0 radical (unpaired) electrons. The molecule has 0 aromatic heterocycles. The Morgan fingerprint density at radius 2 is 1.94 bits per heavy atom. The van der Waals surface area contributed by atoms with Gasteiger partial charge in [0.2, 0.25) is 5.54 Å². The first-order valence-corrected chi connectivity index (χ1v) is 11.1. The van der Waals surface area contributed by atoms with Crippen LogP contribution in [0.2, 0.25) is 0 Å². The number of aliphatic carboxylic acids is 2. The highest BCUT2D eigenvalue weighted by Crippen LogP contribution is 2.38. The number of rotatable bonds is 8. The monoisotopic (exact) mass is 514 g/mol. The van der Waals surface area contributed by atoms with Gasteiger partial charge < -0.3 is 14.9 Å². The molecule has 0 fully saturated rings. The standard InChI is InChI=1S/C24H23BrN2O6/c1-3-10-33-23(32)26-16-7-5-6-15(13-16)24(22(30)31)18(8-9-20(28)29)17-11-14(4-2)12-19(25)21(17)27-24/h5-9,11-13H,3-4,10H2,1-2H3,(H,26,32)(H,28,29)(H,30,31). The molecular weight excluding hydrogens is 492 g/mol. The average Bonchev–Trinajstić information content (AvgIpc) is 3.12. The summed E-state index contributed by atoms with van der Waals surface area (Å²) in [6.45, 7) is 4.08. The quantitative estimate of drug-likeness (QED) is 0.463. The number of nitrogens with zero attached hydrogens (tertiary/aromatic N) is 1. The molecule has 1 aliphatic heterocycles. The summed E-state index contributed by atoms with van der Waals surface area (Å²) in [7, 11) is 0. The molecule has 0 saturated carbocycles. The van der Waals surface area contributed by atoms with Crippen molar-refractivity contribution in [2.75, 3.05) is 11.9 Å². The molecule has 33 heavy (non-hydrogen) atoms. The number of nitrogens with one attached hydrogen (secondary N) is 1. The lowest BCUT2D eigenvalue weighted by atomic mass is 9.82. The third-order valence-electron chi connectivity index (χ3n) is 5.16. The van der Waals surface area contributed by atoms with Crippen molar-refractivity contribution < 1.29 is 29.3 Å². The van der Waals surface area contributed by atoms with E-state index in [0.29, 0.717) is 33.6 Å². The zero-order valence-electron chi connectivity index (χ0n) is 18.1. The Hall–Kier alpha value is -3.46. The van der Waals surface area contributed by atoms with Gasteiger partial charge in [0, 0.05) is 27.0 Å². The largest absolute Gasteiger partial charge is 0.479 e. The minimum atomic E-state index is -1.91. The van der Waals surface area contributed by atoms with Gasteiger partial charge in [-0.25, -0.2) is 14.4 Å². The number of carbonyl (C=O) groups is 3. The van der Waals surface area contributed by atoms with Crippen molar-refractivity contribution >= 4 is 45.2 Å². The van der Waals surface area contributed by atoms with Gasteiger partial charge in [0.15, 0.2) is 0 Å². The third kappa shape index (κ3) is 4.83. The number of benzene rings is 2. The van der Waals surface area contributed by atoms with E-state index in [1.165, 1.54) is 12.1 Å². The van der Waals surface area contributed by atoms with Crippen LogP contribution in [0.3, 0.4) is 0 Å². The van der Waals surface area contributed by atoms with E-state index in [9.17, 15) is 24.6 Å². The summed E-state index contributed by atoms with van der Waals surface area (Å²) in [6, 6.07) is 9.96. The van der Waals surface area contributed by atoms with Crippen molar-refractivity contribution in [3.63, 3.8) is 0 Å². The SMILES string of the molecule is CCCOC(=O)Nc1cccc(C2(C(=O)O)N=c3c(Br)cc(CC)cc3=C2C=CC(=O)O)c1. The van der Waals surface area contributed by atoms with Crippen LogP contribution in [0.1, 0.15) is 31.4 Å². The van der Waals surface area contributed by atoms with Crippen molar-refractivity contribution in [2.24, 2.45) is 4.99 Å². The van der Waals surface area contributed by atoms with E-state index in [0.717, 1.165) is 11.6 Å². The van der Waals surface area contributed by atoms with E-state index in [2.05, 4.69) is 26.2 Å². The maximum Gasteiger partial charge on any atom is 0.411 e. The fourth-order valence-corrected chi connectivity index (χ4v) is 4.24. The van der Waals surface area contributed by atoms with Crippen molar-refractivity contribution in [2.45, 2.75) is 32.2 Å². The number of amides is 1. The normalized spacial score (nSPS) is 16.9. The van der Waals surface area contributed by atoms with Gasteiger partial charge in [-0.3, -0.25) is 10.3 Å². The lowest BCUT2D eigenvalue weighted by molar-refractivity contribution is -0.141. The van der Waals surface area contributed by atoms with Crippen LogP contribution in [0.5, 0.6) is 0 Å². The summed E-state index contributed by atoms with van der Waals surface area (Å²) in [6.07, 6.45) is 2.87. The first-order chi connectivity index (χ1) is 15.7. The molecule has 3 rings (SSSR count). The number of halogens is 1. The molecule has 1 atom stereocenters. The lowest BCUT2D eigenvalue weighted by Gasteiger charge is -2.25. The fraction of sp³-hybridized carbons (Fsp3) is 0.250. The molecular formula is C24H23BrN2O6. The number of carboxylic acids is 2. The van der Waals surface area contributed by atoms with Crippen LogP contribution in [-0.2, 0) is 26.3 Å². The maximum absolute atomic E-state index is 12.8. The Balaban J connectivity index is 2.25. The molecule has 0 saturated heterocycles. The van der Waals surface area contributed by atoms with Crippen LogP contribution in [0.25, 0.3) is 5.57 Å². The van der Waals surface area contributed by atoms with E-state index < -0.39 is 23.6 Å². The van der Waals surface area contributed by atoms with Gasteiger partial charge in [0.1, 0.15) is 0 Å². The fourth-order valence-electron chi connectivity index (χ4n) is 3.64.